The molecule has 2 aromatic heterocycles. The van der Waals surface area contributed by atoms with Crippen molar-refractivity contribution in [2.45, 2.75) is 31.4 Å². The molecule has 7 nitrogen and oxygen atoms in total. The van der Waals surface area contributed by atoms with Crippen LogP contribution in [0.1, 0.15) is 29.9 Å². The summed E-state index contributed by atoms with van der Waals surface area (Å²) in [7, 11) is 3.34. The van der Waals surface area contributed by atoms with Gasteiger partial charge in [0.2, 0.25) is 5.82 Å². The Labute approximate surface area is 144 Å². The fourth-order valence-electron chi connectivity index (χ4n) is 2.89. The minimum Gasteiger partial charge on any atom is -0.383 e. The van der Waals surface area contributed by atoms with Crippen LogP contribution in [0.4, 0.5) is 5.82 Å². The van der Waals surface area contributed by atoms with Gasteiger partial charge in [-0.05, 0) is 30.7 Å². The third-order valence-corrected chi connectivity index (χ3v) is 4.99. The Morgan fingerprint density at radius 3 is 3.00 bits per heavy atom. The first kappa shape index (κ1) is 17.1. The molecule has 0 bridgehead atoms. The van der Waals surface area contributed by atoms with Crippen LogP contribution in [0.15, 0.2) is 11.4 Å². The lowest BCUT2D eigenvalue weighted by atomic mass is 10.2. The summed E-state index contributed by atoms with van der Waals surface area (Å²) in [4.78, 5) is 21.9. The van der Waals surface area contributed by atoms with Gasteiger partial charge in [-0.1, -0.05) is 0 Å². The van der Waals surface area contributed by atoms with E-state index in [1.54, 1.807) is 14.2 Å². The zero-order chi connectivity index (χ0) is 16.9. The molecule has 2 unspecified atom stereocenters. The fraction of sp³-hybridized carbons (Fsp3) is 0.562. The molecule has 1 saturated carbocycles. The maximum absolute atomic E-state index is 12.2. The van der Waals surface area contributed by atoms with Crippen molar-refractivity contribution >= 4 is 33.3 Å². The topological polar surface area (TPSA) is 85.4 Å². The molecule has 2 aromatic rings. The van der Waals surface area contributed by atoms with Crippen LogP contribution in [0, 0.1) is 0 Å². The molecule has 3 rings (SSSR count). The second-order valence-corrected chi connectivity index (χ2v) is 6.69. The van der Waals surface area contributed by atoms with Crippen LogP contribution < -0.4 is 10.6 Å². The third kappa shape index (κ3) is 3.82. The van der Waals surface area contributed by atoms with Crippen LogP contribution in [0.3, 0.4) is 0 Å². The first-order valence-electron chi connectivity index (χ1n) is 8.03. The number of rotatable bonds is 7. The molecule has 1 aliphatic carbocycles. The molecule has 1 aliphatic rings. The van der Waals surface area contributed by atoms with Gasteiger partial charge in [0.1, 0.15) is 10.6 Å². The van der Waals surface area contributed by atoms with Crippen LogP contribution in [0.25, 0.3) is 10.2 Å². The number of ether oxygens (including phenoxy) is 2. The van der Waals surface area contributed by atoms with Crippen molar-refractivity contribution < 1.29 is 14.3 Å². The molecule has 1 amide bonds. The zero-order valence-electron chi connectivity index (χ0n) is 13.9. The standard InChI is InChI=1S/C16H22N4O3S/c1-22-7-6-17-15(21)14-19-13(12-5-8-24-16(12)20-14)18-10-3-4-11(9-10)23-2/h5,8,10-11H,3-4,6-7,9H2,1-2H3,(H,17,21)(H,18,19,20). The summed E-state index contributed by atoms with van der Waals surface area (Å²) in [6.07, 6.45) is 3.31. The maximum atomic E-state index is 12.2. The van der Waals surface area contributed by atoms with E-state index in [1.165, 1.54) is 11.3 Å². The Balaban J connectivity index is 1.78. The van der Waals surface area contributed by atoms with E-state index >= 15 is 0 Å². The number of nitrogens with one attached hydrogen (secondary N) is 2. The highest BCUT2D eigenvalue weighted by atomic mass is 32.1. The lowest BCUT2D eigenvalue weighted by Gasteiger charge is -2.15. The van der Waals surface area contributed by atoms with Gasteiger partial charge in [0.15, 0.2) is 0 Å². The van der Waals surface area contributed by atoms with Crippen LogP contribution in [0.2, 0.25) is 0 Å². The Hall–Kier alpha value is -1.77. The second kappa shape index (κ2) is 7.87. The largest absolute Gasteiger partial charge is 0.383 e. The van der Waals surface area contributed by atoms with Crippen molar-refractivity contribution in [3.8, 4) is 0 Å². The molecule has 130 valence electrons. The normalized spacial score (nSPS) is 20.4. The van der Waals surface area contributed by atoms with Crippen molar-refractivity contribution in [3.05, 3.63) is 17.3 Å². The van der Waals surface area contributed by atoms with Crippen molar-refractivity contribution in [1.29, 1.82) is 0 Å². The highest BCUT2D eigenvalue weighted by Crippen LogP contribution is 2.29. The SMILES string of the molecule is COCCNC(=O)c1nc(NC2CCC(OC)C2)c2ccsc2n1. The molecule has 0 spiro atoms. The average Bonchev–Trinajstić information content (AvgIpc) is 3.23. The highest BCUT2D eigenvalue weighted by molar-refractivity contribution is 7.16. The molecular weight excluding hydrogens is 328 g/mol. The monoisotopic (exact) mass is 350 g/mol. The molecule has 24 heavy (non-hydrogen) atoms. The Morgan fingerprint density at radius 2 is 2.25 bits per heavy atom. The van der Waals surface area contributed by atoms with E-state index in [2.05, 4.69) is 20.6 Å². The number of anilines is 1. The van der Waals surface area contributed by atoms with E-state index in [0.717, 1.165) is 35.3 Å². The fourth-order valence-corrected chi connectivity index (χ4v) is 3.66. The predicted molar refractivity (Wildman–Crippen MR) is 93.7 cm³/mol. The molecule has 1 fully saturated rings. The summed E-state index contributed by atoms with van der Waals surface area (Å²) >= 11 is 1.50. The van der Waals surface area contributed by atoms with Gasteiger partial charge >= 0.3 is 0 Å². The van der Waals surface area contributed by atoms with Gasteiger partial charge in [-0.3, -0.25) is 4.79 Å². The molecule has 2 N–H and O–H groups in total. The molecular formula is C16H22N4O3S. The van der Waals surface area contributed by atoms with Gasteiger partial charge in [-0.2, -0.15) is 0 Å². The van der Waals surface area contributed by atoms with E-state index in [1.807, 2.05) is 11.4 Å². The van der Waals surface area contributed by atoms with Crippen LogP contribution in [0.5, 0.6) is 0 Å². The number of nitrogens with zero attached hydrogens (tertiary/aromatic N) is 2. The molecule has 0 aromatic carbocycles. The number of hydrogen-bond acceptors (Lipinski definition) is 7. The lowest BCUT2D eigenvalue weighted by molar-refractivity contribution is 0.0927. The zero-order valence-corrected chi connectivity index (χ0v) is 14.7. The van der Waals surface area contributed by atoms with Gasteiger partial charge in [-0.15, -0.1) is 11.3 Å². The van der Waals surface area contributed by atoms with Crippen LogP contribution >= 0.6 is 11.3 Å². The molecule has 0 saturated heterocycles. The minimum absolute atomic E-state index is 0.185. The maximum Gasteiger partial charge on any atom is 0.289 e. The predicted octanol–water partition coefficient (Wildman–Crippen LogP) is 2.05. The lowest BCUT2D eigenvalue weighted by Crippen LogP contribution is -2.29. The molecule has 8 heteroatoms. The number of amides is 1. The van der Waals surface area contributed by atoms with Gasteiger partial charge in [0.05, 0.1) is 18.1 Å². The number of fused-ring (bicyclic) bond motifs is 1. The van der Waals surface area contributed by atoms with E-state index in [9.17, 15) is 4.79 Å². The third-order valence-electron chi connectivity index (χ3n) is 4.18. The number of hydrogen-bond donors (Lipinski definition) is 2. The van der Waals surface area contributed by atoms with E-state index in [0.29, 0.717) is 25.3 Å². The molecule has 0 radical (unpaired) electrons. The summed E-state index contributed by atoms with van der Waals surface area (Å²) in [5.41, 5.74) is 0. The quantitative estimate of drug-likeness (QED) is 0.744. The summed E-state index contributed by atoms with van der Waals surface area (Å²) in [6.45, 7) is 0.890. The number of methoxy groups -OCH3 is 2. The first-order chi connectivity index (χ1) is 11.7. The molecule has 0 aliphatic heterocycles. The molecule has 2 heterocycles. The summed E-state index contributed by atoms with van der Waals surface area (Å²) in [5, 5.41) is 9.14. The summed E-state index contributed by atoms with van der Waals surface area (Å²) in [6, 6.07) is 2.29. The van der Waals surface area contributed by atoms with Crippen molar-refractivity contribution in [2.75, 3.05) is 32.7 Å². The second-order valence-electron chi connectivity index (χ2n) is 5.80. The number of thiophene rings is 1. The van der Waals surface area contributed by atoms with Gasteiger partial charge in [-0.25, -0.2) is 9.97 Å². The average molecular weight is 350 g/mol. The van der Waals surface area contributed by atoms with E-state index in [4.69, 9.17) is 9.47 Å². The van der Waals surface area contributed by atoms with E-state index in [-0.39, 0.29) is 11.7 Å². The number of carbonyl (C=O) groups excluding carboxylic acids is 1. The smallest absolute Gasteiger partial charge is 0.289 e. The summed E-state index contributed by atoms with van der Waals surface area (Å²) < 4.78 is 10.4. The van der Waals surface area contributed by atoms with E-state index < -0.39 is 0 Å². The minimum atomic E-state index is -0.286. The summed E-state index contributed by atoms with van der Waals surface area (Å²) in [5.74, 6) is 0.622. The van der Waals surface area contributed by atoms with Crippen molar-refractivity contribution in [3.63, 3.8) is 0 Å². The molecule has 2 atom stereocenters. The van der Waals surface area contributed by atoms with Gasteiger partial charge in [0, 0.05) is 26.8 Å². The Bertz CT molecular complexity index is 706. The van der Waals surface area contributed by atoms with Crippen molar-refractivity contribution in [1.82, 2.24) is 15.3 Å². The first-order valence-corrected chi connectivity index (χ1v) is 8.91. The van der Waals surface area contributed by atoms with Gasteiger partial charge < -0.3 is 20.1 Å². The number of aromatic nitrogens is 2. The van der Waals surface area contributed by atoms with Gasteiger partial charge in [0.25, 0.3) is 5.91 Å². The van der Waals surface area contributed by atoms with Crippen molar-refractivity contribution in [2.24, 2.45) is 0 Å². The van der Waals surface area contributed by atoms with Crippen LogP contribution in [-0.4, -0.2) is 55.4 Å². The Kier molecular flexibility index (Phi) is 5.60. The van der Waals surface area contributed by atoms with Crippen LogP contribution in [-0.2, 0) is 9.47 Å². The highest BCUT2D eigenvalue weighted by Gasteiger charge is 2.25. The Morgan fingerprint density at radius 1 is 1.38 bits per heavy atom. The number of carbonyl (C=O) groups is 1.